The number of carboxylic acid groups (broad SMARTS) is 2. The van der Waals surface area contributed by atoms with E-state index >= 15 is 51.9 Å². The van der Waals surface area contributed by atoms with Gasteiger partial charge >= 0.3 is 11.9 Å². The molecular formula is C92H116F3N17O23S. The van der Waals surface area contributed by atoms with Gasteiger partial charge < -0.3 is 119 Å². The van der Waals surface area contributed by atoms with Gasteiger partial charge in [0.25, 0.3) is 0 Å². The predicted octanol–water partition coefficient (Wildman–Crippen LogP) is -0.934. The average Bonchev–Trinajstić information content (AvgIpc) is 1.52. The minimum Gasteiger partial charge on any atom is -0.508 e. The van der Waals surface area contributed by atoms with Crippen LogP contribution in [0.4, 0.5) is 13.2 Å². The number of amides is 15. The van der Waals surface area contributed by atoms with Crippen molar-refractivity contribution in [3.05, 3.63) is 167 Å². The van der Waals surface area contributed by atoms with Gasteiger partial charge in [-0.1, -0.05) is 106 Å². The Kier molecular flexibility index (Phi) is 38.5. The summed E-state index contributed by atoms with van der Waals surface area (Å²) in [4.78, 5) is 257. The van der Waals surface area contributed by atoms with Crippen LogP contribution in [0, 0.1) is 23.4 Å². The number of rotatable bonds is 25. The number of aromatic hydroxyl groups is 2. The number of halogens is 3. The molecule has 0 radical (unpaired) electrons. The average molecular weight is 1920 g/mol. The van der Waals surface area contributed by atoms with Gasteiger partial charge in [-0.15, -0.1) is 11.8 Å². The molecule has 3 aliphatic rings. The van der Waals surface area contributed by atoms with Crippen molar-refractivity contribution in [3.63, 3.8) is 0 Å². The summed E-state index contributed by atoms with van der Waals surface area (Å²) in [6.45, 7) is 2.50. The van der Waals surface area contributed by atoms with Crippen molar-refractivity contribution in [2.45, 2.75) is 208 Å². The molecule has 20 N–H and O–H groups in total. The fraction of sp³-hybridized carbons (Fsp3) is 0.467. The normalized spacial score (nSPS) is 24.4. The number of aromatic amines is 1. The topological polar surface area (TPSA) is 604 Å². The second kappa shape index (κ2) is 49.5. The zero-order chi connectivity index (χ0) is 99.6. The highest BCUT2D eigenvalue weighted by Gasteiger charge is 2.48. The Morgan fingerprint density at radius 3 is 1.60 bits per heavy atom. The van der Waals surface area contributed by atoms with Crippen LogP contribution in [0.3, 0.4) is 0 Å². The summed E-state index contributed by atoms with van der Waals surface area (Å²) in [6.07, 6.45) is -7.70. The van der Waals surface area contributed by atoms with E-state index in [1.54, 1.807) is 61.5 Å². The summed E-state index contributed by atoms with van der Waals surface area (Å²) in [7, 11) is 3.44. The third-order valence-electron chi connectivity index (χ3n) is 23.8. The van der Waals surface area contributed by atoms with E-state index in [2.05, 4.69) is 52.8 Å². The van der Waals surface area contributed by atoms with E-state index in [0.29, 0.717) is 52.3 Å². The van der Waals surface area contributed by atoms with E-state index in [9.17, 15) is 73.4 Å². The first-order chi connectivity index (χ1) is 64.5. The van der Waals surface area contributed by atoms with Crippen LogP contribution in [-0.2, 0) is 114 Å². The van der Waals surface area contributed by atoms with E-state index in [0.717, 1.165) is 38.6 Å². The van der Waals surface area contributed by atoms with Crippen LogP contribution < -0.4 is 59.3 Å². The van der Waals surface area contributed by atoms with Gasteiger partial charge in [0.05, 0.1) is 30.9 Å². The number of aliphatic carboxylic acids is 2. The first-order valence-electron chi connectivity index (χ1n) is 44.3. The fourth-order valence-corrected chi connectivity index (χ4v) is 17.2. The number of H-pyrrole nitrogens is 1. The lowest BCUT2D eigenvalue weighted by Gasteiger charge is -2.38. The largest absolute Gasteiger partial charge is 0.508 e. The van der Waals surface area contributed by atoms with E-state index in [4.69, 9.17) is 11.5 Å². The van der Waals surface area contributed by atoms with E-state index in [1.807, 2.05) is 0 Å². The van der Waals surface area contributed by atoms with Crippen molar-refractivity contribution in [3.8, 4) is 11.5 Å². The molecule has 4 heterocycles. The maximum Gasteiger partial charge on any atom is 0.305 e. The smallest absolute Gasteiger partial charge is 0.305 e. The number of phenols is 2. The Hall–Kier alpha value is -13.8. The maximum absolute atomic E-state index is 15.7. The molecule has 136 heavy (non-hydrogen) atoms. The van der Waals surface area contributed by atoms with Crippen molar-refractivity contribution >= 4 is 123 Å². The number of aliphatic hydroxyl groups excluding tert-OH is 2. The molecule has 9 rings (SSSR count). The highest BCUT2D eigenvalue weighted by atomic mass is 32.2. The number of phenolic OH excluding ortho intramolecular Hbond substituents is 2. The van der Waals surface area contributed by atoms with Gasteiger partial charge in [-0.05, 0) is 108 Å². The number of hydrogen-bond donors (Lipinski definition) is 18. The van der Waals surface area contributed by atoms with Crippen LogP contribution in [0.15, 0.2) is 121 Å². The van der Waals surface area contributed by atoms with Gasteiger partial charge in [0.1, 0.15) is 90.0 Å². The van der Waals surface area contributed by atoms with Gasteiger partial charge in [-0.25, -0.2) is 13.2 Å². The van der Waals surface area contributed by atoms with Crippen LogP contribution in [0.1, 0.15) is 113 Å². The lowest BCUT2D eigenvalue weighted by Crippen LogP contribution is -2.62. The maximum atomic E-state index is 15.7. The van der Waals surface area contributed by atoms with Crippen molar-refractivity contribution in [2.24, 2.45) is 17.4 Å². The Morgan fingerprint density at radius 2 is 1.01 bits per heavy atom. The molecule has 5 aromatic carbocycles. The van der Waals surface area contributed by atoms with Gasteiger partial charge in [-0.3, -0.25) is 81.5 Å². The molecule has 40 nitrogen and oxygen atoms in total. The third-order valence-corrected chi connectivity index (χ3v) is 24.8. The van der Waals surface area contributed by atoms with E-state index in [1.165, 1.54) is 75.6 Å². The highest BCUT2D eigenvalue weighted by molar-refractivity contribution is 8.00. The van der Waals surface area contributed by atoms with Gasteiger partial charge in [0, 0.05) is 108 Å². The van der Waals surface area contributed by atoms with E-state index in [-0.39, 0.29) is 61.3 Å². The van der Waals surface area contributed by atoms with Crippen molar-refractivity contribution < 1.29 is 125 Å². The Balaban J connectivity index is 1.15. The molecule has 1 aromatic heterocycles. The summed E-state index contributed by atoms with van der Waals surface area (Å²) < 4.78 is 45.1. The van der Waals surface area contributed by atoms with Crippen molar-refractivity contribution in [2.75, 3.05) is 58.8 Å². The predicted molar refractivity (Wildman–Crippen MR) is 484 cm³/mol. The minimum absolute atomic E-state index is 0.0181. The molecule has 3 fully saturated rings. The quantitative estimate of drug-likeness (QED) is 0.0308. The molecule has 0 spiro atoms. The Bertz CT molecular complexity index is 5310. The SMILES string of the molecule is CCCC[C@H]1C(=O)N2C[C@H](O)C[C@@H]2C(=O)N[C@@H](CC(=O)O)C(=O)N[C@@H](C(C)C)C(=O)N(C)[C@@H](Cc2ccccc2)C(=O)N[C@@H](CCC(=O)O)C(=O)N2C[C@H](O)C[C@@H]2C(=O)N[C@@H](Cc2c[nH]c3ccccc23)C(=O)N[C@@H](Cc2ccc(O)cc2)C(=O)N[C@@H](CCCN)C(=O)N[C@H](C(=O)NCC(N)=O)CSCC(=O)N[C@@H](Cc2cc(F)c(F)c(F)c2)C(=O)N(C)[C@@H](Cc2ccc(O)cc2)C(=O)N1C. The van der Waals surface area contributed by atoms with Crippen LogP contribution >= 0.6 is 11.8 Å². The number of unbranched alkanes of at least 4 members (excludes halogenated alkanes) is 1. The zero-order valence-corrected chi connectivity index (χ0v) is 76.5. The number of carbonyl (C=O) groups is 17. The zero-order valence-electron chi connectivity index (χ0n) is 75.7. The van der Waals surface area contributed by atoms with Crippen LogP contribution in [0.2, 0.25) is 0 Å². The standard InChI is InChI=1S/C92H116F3N17O23S/c1-7-8-20-69-91(134)112-45-57(116)40-72(112)87(130)105-66(41-77(121)122)84(127)107-79(48(2)3)92(135)109(5)70(36-49-15-10-9-11-16-49)85(128)102-63(29-30-76(119)120)89(132)111-44-56(115)39-71(111)86(129)104-65(38-53-42-98-61-18-13-12-17-58(53)61)83(126)103-64(34-50-21-25-54(113)26-22-50)82(125)101-62(19-14-31-96)81(124)106-68(80(123)99-43-74(97)117)46-136-47-75(118)100-67(35-52-32-59(93)78(95)60(94)33-52)88(131)110(6)73(90(133)108(69)4)37-51-23-27-55(114)28-24-51/h9-13,15-18,21-28,32-33,42,48,56-57,62-73,79,98,113-116H,7-8,14,19-20,29-31,34-41,43-47,96H2,1-6H3,(H2,97,117)(H,99,123)(H,100,118)(H,101,125)(H,102,128)(H,103,126)(H,104,129)(H,105,130)(H,106,124)(H,107,127)(H,119,120)(H,121,122)/t56-,57-,62+,63+,64+,65+,66+,67+,68+,69+,70+,71-,72-,73+,79+/m1/s1. The summed E-state index contributed by atoms with van der Waals surface area (Å²) >= 11 is 0.604. The molecule has 3 saturated heterocycles. The molecule has 15 amide bonds. The Morgan fingerprint density at radius 1 is 0.507 bits per heavy atom. The third kappa shape index (κ3) is 29.1. The number of nitrogens with two attached hydrogens (primary N) is 2. The lowest BCUT2D eigenvalue weighted by molar-refractivity contribution is -0.152. The molecule has 0 saturated carbocycles. The van der Waals surface area contributed by atoms with Crippen LogP contribution in [-0.4, -0.2) is 310 Å². The molecule has 0 bridgehead atoms. The van der Waals surface area contributed by atoms with Crippen molar-refractivity contribution in [1.29, 1.82) is 0 Å². The van der Waals surface area contributed by atoms with Gasteiger partial charge in [0.15, 0.2) is 17.5 Å². The number of nitrogens with one attached hydrogen (secondary N) is 10. The molecule has 6 aromatic rings. The summed E-state index contributed by atoms with van der Waals surface area (Å²) in [6, 6.07) is 3.30. The van der Waals surface area contributed by atoms with E-state index < -0.39 is 309 Å². The first kappa shape index (κ1) is 106. The number of benzene rings is 5. The monoisotopic (exact) mass is 1920 g/mol. The minimum atomic E-state index is -2.10. The number of carbonyl (C=O) groups excluding carboxylic acids is 15. The highest BCUT2D eigenvalue weighted by Crippen LogP contribution is 2.29. The fourth-order valence-electron chi connectivity index (χ4n) is 16.4. The number of fused-ring (bicyclic) bond motifs is 3. The second-order valence-corrected chi connectivity index (χ2v) is 35.3. The lowest BCUT2D eigenvalue weighted by atomic mass is 9.98. The van der Waals surface area contributed by atoms with Crippen LogP contribution in [0.5, 0.6) is 11.5 Å². The molecule has 15 atom stereocenters. The number of likely N-dealkylation sites (N-methyl/N-ethyl adjacent to an activating group) is 3. The summed E-state index contributed by atoms with van der Waals surface area (Å²) in [5.41, 5.74) is 12.9. The molecule has 3 aliphatic heterocycles. The number of para-hydroxylation sites is 1. The number of aromatic nitrogens is 1. The van der Waals surface area contributed by atoms with Gasteiger partial charge in [-0.2, -0.15) is 0 Å². The molecule has 734 valence electrons. The number of hydrogen-bond acceptors (Lipinski definition) is 23. The molecule has 0 unspecified atom stereocenters. The molecule has 44 heteroatoms. The van der Waals surface area contributed by atoms with Crippen LogP contribution in [0.25, 0.3) is 10.9 Å². The summed E-state index contributed by atoms with van der Waals surface area (Å²) in [5.74, 6) is -27.9. The first-order valence-corrected chi connectivity index (χ1v) is 45.4. The van der Waals surface area contributed by atoms with Gasteiger partial charge in [0.2, 0.25) is 88.6 Å². The Labute approximate surface area is 784 Å². The second-order valence-electron chi connectivity index (χ2n) is 34.3. The van der Waals surface area contributed by atoms with Crippen molar-refractivity contribution in [1.82, 2.24) is 77.3 Å². The number of thioether (sulfide) groups is 1. The number of nitrogens with zero attached hydrogens (tertiary/aromatic N) is 5. The number of aliphatic hydroxyl groups is 2. The summed E-state index contributed by atoms with van der Waals surface area (Å²) in [5, 5.41) is 87.4. The molecular weight excluding hydrogens is 1800 g/mol. The molecule has 0 aliphatic carbocycles. The number of carboxylic acids is 2. The number of primary amides is 1.